The maximum Gasteiger partial charge on any atom is 0.263 e. The topological polar surface area (TPSA) is 81.4 Å². The summed E-state index contributed by atoms with van der Waals surface area (Å²) >= 11 is 4.67. The molecule has 5 nitrogen and oxygen atoms in total. The van der Waals surface area contributed by atoms with Gasteiger partial charge in [0.2, 0.25) is 0 Å². The zero-order chi connectivity index (χ0) is 15.6. The van der Waals surface area contributed by atoms with Crippen molar-refractivity contribution in [3.63, 3.8) is 0 Å². The lowest BCUT2D eigenvalue weighted by atomic mass is 10.3. The summed E-state index contributed by atoms with van der Waals surface area (Å²) in [5.74, 6) is 0.558. The van der Waals surface area contributed by atoms with Crippen molar-refractivity contribution in [1.82, 2.24) is 0 Å². The Morgan fingerprint density at radius 2 is 2.10 bits per heavy atom. The van der Waals surface area contributed by atoms with Crippen LogP contribution in [0.3, 0.4) is 0 Å². The summed E-state index contributed by atoms with van der Waals surface area (Å²) in [6, 6.07) is 5.04. The van der Waals surface area contributed by atoms with Crippen molar-refractivity contribution in [3.05, 3.63) is 38.5 Å². The molecule has 0 aliphatic rings. The lowest BCUT2D eigenvalue weighted by Crippen LogP contribution is -2.16. The van der Waals surface area contributed by atoms with Crippen molar-refractivity contribution in [3.8, 4) is 5.75 Å². The van der Waals surface area contributed by atoms with E-state index in [0.717, 1.165) is 4.47 Å². The van der Waals surface area contributed by atoms with E-state index in [2.05, 4.69) is 20.7 Å². The van der Waals surface area contributed by atoms with E-state index in [0.29, 0.717) is 21.9 Å². The van der Waals surface area contributed by atoms with Gasteiger partial charge in [0.25, 0.3) is 10.0 Å². The van der Waals surface area contributed by atoms with Gasteiger partial charge in [-0.25, -0.2) is 8.42 Å². The van der Waals surface area contributed by atoms with Gasteiger partial charge in [-0.1, -0.05) is 15.9 Å². The van der Waals surface area contributed by atoms with Crippen LogP contribution in [0, 0.1) is 6.92 Å². The van der Waals surface area contributed by atoms with E-state index in [1.54, 1.807) is 30.5 Å². The zero-order valence-corrected chi connectivity index (χ0v) is 14.7. The molecule has 2 aromatic rings. The highest BCUT2D eigenvalue weighted by Crippen LogP contribution is 2.30. The van der Waals surface area contributed by atoms with Gasteiger partial charge in [-0.3, -0.25) is 4.72 Å². The number of thiophene rings is 1. The molecule has 0 bridgehead atoms. The van der Waals surface area contributed by atoms with Gasteiger partial charge in [0, 0.05) is 22.0 Å². The van der Waals surface area contributed by atoms with E-state index in [1.165, 1.54) is 18.4 Å². The molecule has 0 unspecified atom stereocenters. The average Bonchev–Trinajstić information content (AvgIpc) is 2.79. The van der Waals surface area contributed by atoms with Crippen molar-refractivity contribution < 1.29 is 13.2 Å². The van der Waals surface area contributed by atoms with Crippen molar-refractivity contribution in [2.45, 2.75) is 18.4 Å². The third-order valence-electron chi connectivity index (χ3n) is 2.80. The van der Waals surface area contributed by atoms with Gasteiger partial charge in [-0.2, -0.15) is 0 Å². The number of aryl methyl sites for hydroxylation is 1. The maximum absolute atomic E-state index is 12.6. The standard InChI is InChI=1S/C13H15BrN2O3S2/c1-8-7-20-12(6-15)13(8)21(17,18)16-10-3-9(14)4-11(5-10)19-2/h3-5,7,16H,6,15H2,1-2H3. The lowest BCUT2D eigenvalue weighted by molar-refractivity contribution is 0.415. The van der Waals surface area contributed by atoms with Gasteiger partial charge in [-0.05, 0) is 30.0 Å². The predicted octanol–water partition coefficient (Wildman–Crippen LogP) is 3.09. The second kappa shape index (κ2) is 6.35. The molecule has 0 aliphatic carbocycles. The molecule has 2 rings (SSSR count). The number of ether oxygens (including phenoxy) is 1. The summed E-state index contributed by atoms with van der Waals surface area (Å²) in [4.78, 5) is 0.899. The Bertz CT molecular complexity index is 757. The number of hydrogen-bond donors (Lipinski definition) is 2. The van der Waals surface area contributed by atoms with Crippen molar-refractivity contribution in [2.75, 3.05) is 11.8 Å². The average molecular weight is 391 g/mol. The Kier molecular flexibility index (Phi) is 4.92. The van der Waals surface area contributed by atoms with E-state index in [-0.39, 0.29) is 11.4 Å². The predicted molar refractivity (Wildman–Crippen MR) is 88.4 cm³/mol. The number of nitrogens with one attached hydrogen (secondary N) is 1. The molecular formula is C13H15BrN2O3S2. The first-order chi connectivity index (χ1) is 9.87. The summed E-state index contributed by atoms with van der Waals surface area (Å²) < 4.78 is 33.5. The second-order valence-corrected chi connectivity index (χ2v) is 7.86. The zero-order valence-electron chi connectivity index (χ0n) is 11.5. The molecule has 3 N–H and O–H groups in total. The fourth-order valence-electron chi connectivity index (χ4n) is 1.93. The minimum absolute atomic E-state index is 0.191. The van der Waals surface area contributed by atoms with Gasteiger partial charge in [-0.15, -0.1) is 11.3 Å². The maximum atomic E-state index is 12.6. The largest absolute Gasteiger partial charge is 0.497 e. The highest BCUT2D eigenvalue weighted by atomic mass is 79.9. The number of nitrogens with two attached hydrogens (primary N) is 1. The summed E-state index contributed by atoms with van der Waals surface area (Å²) in [6.07, 6.45) is 0. The number of anilines is 1. The minimum Gasteiger partial charge on any atom is -0.497 e. The third kappa shape index (κ3) is 3.57. The Labute approximate surface area is 136 Å². The van der Waals surface area contributed by atoms with Crippen molar-refractivity contribution >= 4 is 43.0 Å². The summed E-state index contributed by atoms with van der Waals surface area (Å²) in [7, 11) is -2.16. The number of halogens is 1. The van der Waals surface area contributed by atoms with Crippen LogP contribution in [0.25, 0.3) is 0 Å². The second-order valence-electron chi connectivity index (χ2n) is 4.36. The molecule has 21 heavy (non-hydrogen) atoms. The van der Waals surface area contributed by atoms with Crippen LogP contribution in [-0.4, -0.2) is 15.5 Å². The SMILES string of the molecule is COc1cc(Br)cc(NS(=O)(=O)c2c(C)csc2CN)c1. The van der Waals surface area contributed by atoms with Crippen LogP contribution < -0.4 is 15.2 Å². The first-order valence-electron chi connectivity index (χ1n) is 6.02. The number of sulfonamides is 1. The van der Waals surface area contributed by atoms with E-state index in [9.17, 15) is 8.42 Å². The van der Waals surface area contributed by atoms with Crippen molar-refractivity contribution in [2.24, 2.45) is 5.73 Å². The molecule has 0 fully saturated rings. The van der Waals surface area contributed by atoms with E-state index in [4.69, 9.17) is 10.5 Å². The highest BCUT2D eigenvalue weighted by molar-refractivity contribution is 9.10. The third-order valence-corrected chi connectivity index (χ3v) is 6.13. The Balaban J connectivity index is 2.42. The molecular weight excluding hydrogens is 376 g/mol. The Morgan fingerprint density at radius 1 is 1.38 bits per heavy atom. The van der Waals surface area contributed by atoms with Crippen LogP contribution in [0.2, 0.25) is 0 Å². The number of rotatable bonds is 5. The van der Waals surface area contributed by atoms with Gasteiger partial charge < -0.3 is 10.5 Å². The minimum atomic E-state index is -3.68. The smallest absolute Gasteiger partial charge is 0.263 e. The van der Waals surface area contributed by atoms with Crippen LogP contribution in [0.1, 0.15) is 10.4 Å². The molecule has 1 heterocycles. The molecule has 0 spiro atoms. The summed E-state index contributed by atoms with van der Waals surface area (Å²) in [6.45, 7) is 1.95. The lowest BCUT2D eigenvalue weighted by Gasteiger charge is -2.11. The van der Waals surface area contributed by atoms with Crippen molar-refractivity contribution in [1.29, 1.82) is 0 Å². The van der Waals surface area contributed by atoms with Gasteiger partial charge >= 0.3 is 0 Å². The molecule has 0 aliphatic heterocycles. The molecule has 0 radical (unpaired) electrons. The number of hydrogen-bond acceptors (Lipinski definition) is 5. The molecule has 0 atom stereocenters. The number of benzene rings is 1. The quantitative estimate of drug-likeness (QED) is 0.821. The molecule has 0 amide bonds. The number of methoxy groups -OCH3 is 1. The van der Waals surface area contributed by atoms with Crippen LogP contribution >= 0.6 is 27.3 Å². The first kappa shape index (κ1) is 16.3. The van der Waals surface area contributed by atoms with E-state index < -0.39 is 10.0 Å². The molecule has 8 heteroatoms. The fraction of sp³-hybridized carbons (Fsp3) is 0.231. The van der Waals surface area contributed by atoms with Gasteiger partial charge in [0.05, 0.1) is 12.8 Å². The summed E-state index contributed by atoms with van der Waals surface area (Å²) in [5.41, 5.74) is 6.73. The first-order valence-corrected chi connectivity index (χ1v) is 9.17. The van der Waals surface area contributed by atoms with Gasteiger partial charge in [0.15, 0.2) is 0 Å². The van der Waals surface area contributed by atoms with Crippen LogP contribution in [-0.2, 0) is 16.6 Å². The molecule has 0 saturated heterocycles. The normalized spacial score (nSPS) is 11.4. The molecule has 1 aromatic heterocycles. The van der Waals surface area contributed by atoms with Crippen LogP contribution in [0.4, 0.5) is 5.69 Å². The summed E-state index contributed by atoms with van der Waals surface area (Å²) in [5, 5.41) is 1.79. The highest BCUT2D eigenvalue weighted by Gasteiger charge is 2.22. The van der Waals surface area contributed by atoms with Crippen LogP contribution in [0.5, 0.6) is 5.75 Å². The Hall–Kier alpha value is -1.09. The molecule has 0 saturated carbocycles. The molecule has 114 valence electrons. The molecule has 1 aromatic carbocycles. The fourth-order valence-corrected chi connectivity index (χ4v) is 5.15. The van der Waals surface area contributed by atoms with Gasteiger partial charge in [0.1, 0.15) is 10.6 Å². The van der Waals surface area contributed by atoms with Crippen LogP contribution in [0.15, 0.2) is 32.9 Å². The monoisotopic (exact) mass is 390 g/mol. The van der Waals surface area contributed by atoms with E-state index >= 15 is 0 Å². The van der Waals surface area contributed by atoms with E-state index in [1.807, 2.05) is 0 Å². The Morgan fingerprint density at radius 3 is 2.71 bits per heavy atom.